The first-order valence-electron chi connectivity index (χ1n) is 4.80. The van der Waals surface area contributed by atoms with Gasteiger partial charge in [-0.2, -0.15) is 0 Å². The minimum absolute atomic E-state index is 0.0273. The lowest BCUT2D eigenvalue weighted by molar-refractivity contribution is 0.0587. The number of aromatic nitrogens is 4. The van der Waals surface area contributed by atoms with E-state index in [-0.39, 0.29) is 12.4 Å². The van der Waals surface area contributed by atoms with Gasteiger partial charge in [0.05, 0.1) is 13.7 Å². The zero-order chi connectivity index (χ0) is 12.3. The van der Waals surface area contributed by atoms with Crippen LogP contribution in [-0.4, -0.2) is 37.9 Å². The van der Waals surface area contributed by atoms with Crippen LogP contribution < -0.4 is 0 Å². The minimum atomic E-state index is -0.601. The highest BCUT2D eigenvalue weighted by atomic mass is 16.5. The Morgan fingerprint density at radius 2 is 2.29 bits per heavy atom. The Morgan fingerprint density at radius 1 is 1.47 bits per heavy atom. The lowest BCUT2D eigenvalue weighted by atomic mass is 10.3. The molecule has 2 heterocycles. The van der Waals surface area contributed by atoms with Gasteiger partial charge in [-0.05, 0) is 11.6 Å². The molecule has 0 aliphatic heterocycles. The van der Waals surface area contributed by atoms with E-state index in [0.717, 1.165) is 0 Å². The zero-order valence-electron chi connectivity index (χ0n) is 9.07. The van der Waals surface area contributed by atoms with Crippen LogP contribution in [0.25, 0.3) is 5.82 Å². The molecule has 7 nitrogen and oxygen atoms in total. The molecule has 0 fully saturated rings. The van der Waals surface area contributed by atoms with Crippen LogP contribution >= 0.6 is 0 Å². The summed E-state index contributed by atoms with van der Waals surface area (Å²) in [5, 5.41) is 12.8. The molecular formula is C10H10N4O3. The summed E-state index contributed by atoms with van der Waals surface area (Å²) in [6.45, 7) is -0.0714. The molecule has 1 N–H and O–H groups in total. The van der Waals surface area contributed by atoms with Gasteiger partial charge in [0.25, 0.3) is 5.82 Å². The second-order valence-corrected chi connectivity index (χ2v) is 3.19. The number of nitrogens with zero attached hydrogens (tertiary/aromatic N) is 4. The standard InChI is InChI=1S/C10H10N4O3/c1-17-10(16)9-12-6-14(13-9)8-3-2-7(5-15)4-11-8/h2-4,6,15H,5H2,1H3. The number of aliphatic hydroxyl groups is 1. The minimum Gasteiger partial charge on any atom is -0.463 e. The molecule has 2 aromatic rings. The van der Waals surface area contributed by atoms with Crippen LogP contribution in [-0.2, 0) is 11.3 Å². The highest BCUT2D eigenvalue weighted by molar-refractivity contribution is 5.84. The molecule has 0 aliphatic carbocycles. The van der Waals surface area contributed by atoms with E-state index in [0.29, 0.717) is 11.4 Å². The fourth-order valence-electron chi connectivity index (χ4n) is 1.20. The summed E-state index contributed by atoms with van der Waals surface area (Å²) >= 11 is 0. The lowest BCUT2D eigenvalue weighted by Crippen LogP contribution is -2.05. The van der Waals surface area contributed by atoms with Crippen molar-refractivity contribution in [1.29, 1.82) is 0 Å². The van der Waals surface area contributed by atoms with Crippen LogP contribution in [0.5, 0.6) is 0 Å². The monoisotopic (exact) mass is 234 g/mol. The Labute approximate surface area is 96.7 Å². The molecule has 0 saturated carbocycles. The molecule has 17 heavy (non-hydrogen) atoms. The van der Waals surface area contributed by atoms with E-state index in [1.807, 2.05) is 0 Å². The summed E-state index contributed by atoms with van der Waals surface area (Å²) in [6.07, 6.45) is 2.89. The molecule has 0 aromatic carbocycles. The van der Waals surface area contributed by atoms with Crippen LogP contribution in [0.1, 0.15) is 16.2 Å². The Morgan fingerprint density at radius 3 is 2.88 bits per heavy atom. The number of hydrogen-bond donors (Lipinski definition) is 1. The third-order valence-corrected chi connectivity index (χ3v) is 2.09. The maximum atomic E-state index is 11.1. The van der Waals surface area contributed by atoms with E-state index in [9.17, 15) is 4.79 Å². The number of carbonyl (C=O) groups excluding carboxylic acids is 1. The van der Waals surface area contributed by atoms with Crippen molar-refractivity contribution in [2.75, 3.05) is 7.11 Å². The van der Waals surface area contributed by atoms with Crippen LogP contribution in [0.2, 0.25) is 0 Å². The van der Waals surface area contributed by atoms with E-state index in [1.165, 1.54) is 24.3 Å². The lowest BCUT2D eigenvalue weighted by Gasteiger charge is -1.99. The molecule has 2 rings (SSSR count). The zero-order valence-corrected chi connectivity index (χ0v) is 9.07. The van der Waals surface area contributed by atoms with E-state index in [2.05, 4.69) is 19.8 Å². The Kier molecular flexibility index (Phi) is 3.10. The van der Waals surface area contributed by atoms with Crippen LogP contribution in [0, 0.1) is 0 Å². The third kappa shape index (κ3) is 2.28. The highest BCUT2D eigenvalue weighted by Crippen LogP contribution is 2.05. The third-order valence-electron chi connectivity index (χ3n) is 2.09. The number of rotatable bonds is 3. The summed E-state index contributed by atoms with van der Waals surface area (Å²) in [5.74, 6) is -0.124. The number of hydrogen-bond acceptors (Lipinski definition) is 6. The molecule has 0 saturated heterocycles. The molecule has 0 unspecified atom stereocenters. The molecule has 7 heteroatoms. The molecule has 0 spiro atoms. The number of esters is 1. The van der Waals surface area contributed by atoms with E-state index < -0.39 is 5.97 Å². The van der Waals surface area contributed by atoms with Gasteiger partial charge in [-0.25, -0.2) is 19.4 Å². The topological polar surface area (TPSA) is 90.1 Å². The highest BCUT2D eigenvalue weighted by Gasteiger charge is 2.12. The number of methoxy groups -OCH3 is 1. The Balaban J connectivity index is 2.27. The van der Waals surface area contributed by atoms with Crippen molar-refractivity contribution in [2.24, 2.45) is 0 Å². The Hall–Kier alpha value is -2.28. The van der Waals surface area contributed by atoms with Gasteiger partial charge < -0.3 is 9.84 Å². The SMILES string of the molecule is COC(=O)c1ncn(-c2ccc(CO)cn2)n1. The second-order valence-electron chi connectivity index (χ2n) is 3.19. The first-order valence-corrected chi connectivity index (χ1v) is 4.80. The van der Waals surface area contributed by atoms with Crippen molar-refractivity contribution in [3.05, 3.63) is 36.0 Å². The fraction of sp³-hybridized carbons (Fsp3) is 0.200. The molecule has 0 atom stereocenters. The molecule has 88 valence electrons. The number of pyridine rings is 1. The van der Waals surface area contributed by atoms with Gasteiger partial charge in [0, 0.05) is 6.20 Å². The summed E-state index contributed by atoms with van der Waals surface area (Å²) < 4.78 is 5.85. The summed E-state index contributed by atoms with van der Waals surface area (Å²) in [4.78, 5) is 19.0. The van der Waals surface area contributed by atoms with Gasteiger partial charge in [0.15, 0.2) is 5.82 Å². The molecule has 0 bridgehead atoms. The average molecular weight is 234 g/mol. The molecule has 2 aromatic heterocycles. The van der Waals surface area contributed by atoms with Gasteiger partial charge >= 0.3 is 5.97 Å². The first-order chi connectivity index (χ1) is 8.24. The van der Waals surface area contributed by atoms with E-state index in [1.54, 1.807) is 12.1 Å². The van der Waals surface area contributed by atoms with Crippen LogP contribution in [0.3, 0.4) is 0 Å². The van der Waals surface area contributed by atoms with Crippen LogP contribution in [0.15, 0.2) is 24.7 Å². The molecule has 0 aliphatic rings. The van der Waals surface area contributed by atoms with E-state index in [4.69, 9.17) is 5.11 Å². The van der Waals surface area contributed by atoms with Crippen molar-refractivity contribution in [3.8, 4) is 5.82 Å². The number of ether oxygens (including phenoxy) is 1. The fourth-order valence-corrected chi connectivity index (χ4v) is 1.20. The largest absolute Gasteiger partial charge is 0.463 e. The van der Waals surface area contributed by atoms with Gasteiger partial charge in [-0.1, -0.05) is 6.07 Å². The van der Waals surface area contributed by atoms with Crippen molar-refractivity contribution in [3.63, 3.8) is 0 Å². The smallest absolute Gasteiger partial charge is 0.377 e. The van der Waals surface area contributed by atoms with Gasteiger partial charge in [0.2, 0.25) is 0 Å². The predicted molar refractivity (Wildman–Crippen MR) is 56.4 cm³/mol. The van der Waals surface area contributed by atoms with E-state index >= 15 is 0 Å². The van der Waals surface area contributed by atoms with Crippen molar-refractivity contribution < 1.29 is 14.6 Å². The normalized spacial score (nSPS) is 10.2. The van der Waals surface area contributed by atoms with Gasteiger partial charge in [-0.3, -0.25) is 0 Å². The van der Waals surface area contributed by atoms with Crippen LogP contribution in [0.4, 0.5) is 0 Å². The summed E-state index contributed by atoms with van der Waals surface area (Å²) in [5.41, 5.74) is 0.696. The first kappa shape index (κ1) is 11.2. The summed E-state index contributed by atoms with van der Waals surface area (Å²) in [6, 6.07) is 3.38. The maximum absolute atomic E-state index is 11.1. The summed E-state index contributed by atoms with van der Waals surface area (Å²) in [7, 11) is 1.26. The number of carbonyl (C=O) groups is 1. The molecule has 0 amide bonds. The van der Waals surface area contributed by atoms with Crippen molar-refractivity contribution in [1.82, 2.24) is 19.7 Å². The van der Waals surface area contributed by atoms with Gasteiger partial charge in [-0.15, -0.1) is 5.10 Å². The Bertz CT molecular complexity index is 521. The number of aliphatic hydroxyl groups excluding tert-OH is 1. The quantitative estimate of drug-likeness (QED) is 0.748. The average Bonchev–Trinajstić information content (AvgIpc) is 2.87. The van der Waals surface area contributed by atoms with Crippen molar-refractivity contribution >= 4 is 5.97 Å². The second kappa shape index (κ2) is 4.71. The van der Waals surface area contributed by atoms with Crippen molar-refractivity contribution in [2.45, 2.75) is 6.61 Å². The maximum Gasteiger partial charge on any atom is 0.377 e. The molecule has 0 radical (unpaired) electrons. The molecular weight excluding hydrogens is 224 g/mol. The predicted octanol–water partition coefficient (Wildman–Crippen LogP) is -0.0588. The van der Waals surface area contributed by atoms with Gasteiger partial charge in [0.1, 0.15) is 6.33 Å².